The Morgan fingerprint density at radius 2 is 2.07 bits per heavy atom. The fourth-order valence-electron chi connectivity index (χ4n) is 5.34. The summed E-state index contributed by atoms with van der Waals surface area (Å²) in [6.07, 6.45) is 13.1. The lowest BCUT2D eigenvalue weighted by Gasteiger charge is -2.21. The molecule has 2 N–H and O–H groups in total. The van der Waals surface area contributed by atoms with Crippen molar-refractivity contribution in [2.24, 2.45) is 5.41 Å². The molecule has 0 aromatic carbocycles. The molecule has 3 aliphatic carbocycles. The van der Waals surface area contributed by atoms with Crippen LogP contribution in [0.2, 0.25) is 0 Å². The molecule has 1 atom stereocenters. The highest BCUT2D eigenvalue weighted by Gasteiger charge is 2.52. The summed E-state index contributed by atoms with van der Waals surface area (Å²) in [5.74, 6) is 0.969. The lowest BCUT2D eigenvalue weighted by Crippen LogP contribution is -2.25. The molecule has 3 aromatic rings. The monoisotopic (exact) mass is 388 g/mol. The second-order valence-electron chi connectivity index (χ2n) is 9.66. The summed E-state index contributed by atoms with van der Waals surface area (Å²) in [5, 5.41) is 13.6. The third kappa shape index (κ3) is 2.78. The van der Waals surface area contributed by atoms with Gasteiger partial charge in [-0.05, 0) is 78.7 Å². The lowest BCUT2D eigenvalue weighted by atomic mass is 9.95. The average Bonchev–Trinajstić information content (AvgIpc) is 3.59. The second-order valence-corrected chi connectivity index (χ2v) is 9.66. The van der Waals surface area contributed by atoms with Crippen molar-refractivity contribution in [2.75, 3.05) is 5.32 Å². The van der Waals surface area contributed by atoms with Gasteiger partial charge in [-0.25, -0.2) is 9.97 Å². The summed E-state index contributed by atoms with van der Waals surface area (Å²) >= 11 is 0. The minimum atomic E-state index is 0.0599. The minimum Gasteiger partial charge on any atom is -0.392 e. The molecule has 3 heterocycles. The number of hydrogen-bond donors (Lipinski definition) is 2. The Bertz CT molecular complexity index is 1090. The first-order chi connectivity index (χ1) is 14.1. The van der Waals surface area contributed by atoms with Crippen LogP contribution in [0.15, 0.2) is 36.7 Å². The van der Waals surface area contributed by atoms with Gasteiger partial charge in [-0.2, -0.15) is 0 Å². The average molecular weight is 389 g/mol. The standard InChI is InChI=1S/C24H28N4O/c1-23(8-9-23)17-14-28-19(13-25-22(28)12-16(17)15-29)18-4-2-6-21(26-18)27-20-5-3-7-24(20)10-11-24/h2,4,6,12-14,20,29H,3,5,7-11,15H2,1H3,(H,26,27)/t20-/m0/s1. The van der Waals surface area contributed by atoms with Crippen molar-refractivity contribution in [3.8, 4) is 11.4 Å². The Morgan fingerprint density at radius 1 is 1.21 bits per heavy atom. The summed E-state index contributed by atoms with van der Waals surface area (Å²) in [5.41, 5.74) is 5.78. The van der Waals surface area contributed by atoms with E-state index in [9.17, 15) is 5.11 Å². The molecule has 29 heavy (non-hydrogen) atoms. The minimum absolute atomic E-state index is 0.0599. The fourth-order valence-corrected chi connectivity index (χ4v) is 5.34. The van der Waals surface area contributed by atoms with E-state index in [1.54, 1.807) is 0 Å². The fraction of sp³-hybridized carbons (Fsp3) is 0.500. The van der Waals surface area contributed by atoms with Gasteiger partial charge in [0.1, 0.15) is 11.5 Å². The van der Waals surface area contributed by atoms with E-state index in [-0.39, 0.29) is 12.0 Å². The number of hydrogen-bond acceptors (Lipinski definition) is 4. The molecule has 0 amide bonds. The van der Waals surface area contributed by atoms with E-state index in [4.69, 9.17) is 4.98 Å². The number of rotatable bonds is 5. The maximum atomic E-state index is 9.85. The molecule has 0 radical (unpaired) electrons. The molecule has 5 heteroatoms. The van der Waals surface area contributed by atoms with Gasteiger partial charge in [-0.3, -0.25) is 4.40 Å². The van der Waals surface area contributed by atoms with Crippen LogP contribution in [-0.4, -0.2) is 25.5 Å². The Balaban J connectivity index is 1.38. The predicted octanol–water partition coefficient (Wildman–Crippen LogP) is 4.68. The molecule has 3 saturated carbocycles. The summed E-state index contributed by atoms with van der Waals surface area (Å²) in [6, 6.07) is 8.83. The SMILES string of the molecule is CC1(c2cn3c(-c4cccc(N[C@H]5CCCC56CC6)n4)cnc3cc2CO)CC1. The number of nitrogens with zero attached hydrogens (tertiary/aromatic N) is 3. The number of aliphatic hydroxyl groups is 1. The molecule has 150 valence electrons. The van der Waals surface area contributed by atoms with E-state index >= 15 is 0 Å². The van der Waals surface area contributed by atoms with Gasteiger partial charge in [-0.15, -0.1) is 0 Å². The third-order valence-electron chi connectivity index (χ3n) is 7.69. The Hall–Kier alpha value is -2.40. The van der Waals surface area contributed by atoms with Gasteiger partial charge in [0.15, 0.2) is 0 Å². The summed E-state index contributed by atoms with van der Waals surface area (Å²) in [6.45, 7) is 2.34. The molecule has 3 aliphatic rings. The van der Waals surface area contributed by atoms with Crippen molar-refractivity contribution in [1.29, 1.82) is 0 Å². The van der Waals surface area contributed by atoms with Crippen LogP contribution >= 0.6 is 0 Å². The maximum absolute atomic E-state index is 9.85. The summed E-state index contributed by atoms with van der Waals surface area (Å²) < 4.78 is 2.14. The molecule has 1 spiro atoms. The predicted molar refractivity (Wildman–Crippen MR) is 114 cm³/mol. The van der Waals surface area contributed by atoms with Gasteiger partial charge in [0, 0.05) is 12.2 Å². The van der Waals surface area contributed by atoms with Crippen LogP contribution in [0.1, 0.15) is 63.0 Å². The van der Waals surface area contributed by atoms with Crippen LogP contribution in [0.3, 0.4) is 0 Å². The summed E-state index contributed by atoms with van der Waals surface area (Å²) in [4.78, 5) is 9.56. The Kier molecular flexibility index (Phi) is 3.64. The van der Waals surface area contributed by atoms with E-state index in [1.165, 1.54) is 50.5 Å². The van der Waals surface area contributed by atoms with E-state index in [0.29, 0.717) is 11.5 Å². The maximum Gasteiger partial charge on any atom is 0.137 e. The lowest BCUT2D eigenvalue weighted by molar-refractivity contribution is 0.279. The molecule has 0 unspecified atom stereocenters. The molecule has 0 saturated heterocycles. The summed E-state index contributed by atoms with van der Waals surface area (Å²) in [7, 11) is 0. The number of anilines is 1. The normalized spacial score (nSPS) is 23.6. The zero-order valence-electron chi connectivity index (χ0n) is 17.0. The Labute approximate surface area is 171 Å². The van der Waals surface area contributed by atoms with Crippen LogP contribution in [0.25, 0.3) is 17.0 Å². The smallest absolute Gasteiger partial charge is 0.137 e. The van der Waals surface area contributed by atoms with Gasteiger partial charge in [0.05, 0.1) is 24.2 Å². The van der Waals surface area contributed by atoms with Crippen LogP contribution in [0.5, 0.6) is 0 Å². The van der Waals surface area contributed by atoms with Gasteiger partial charge < -0.3 is 10.4 Å². The zero-order chi connectivity index (χ0) is 19.6. The highest BCUT2D eigenvalue weighted by molar-refractivity contribution is 5.63. The van der Waals surface area contributed by atoms with Crippen LogP contribution in [0.4, 0.5) is 5.82 Å². The van der Waals surface area contributed by atoms with Crippen molar-refractivity contribution in [3.63, 3.8) is 0 Å². The van der Waals surface area contributed by atoms with Crippen molar-refractivity contribution in [1.82, 2.24) is 14.4 Å². The van der Waals surface area contributed by atoms with E-state index in [0.717, 1.165) is 28.4 Å². The molecule has 6 rings (SSSR count). The van der Waals surface area contributed by atoms with Gasteiger partial charge in [0.2, 0.25) is 0 Å². The number of fused-ring (bicyclic) bond motifs is 1. The highest BCUT2D eigenvalue weighted by atomic mass is 16.3. The van der Waals surface area contributed by atoms with Gasteiger partial charge >= 0.3 is 0 Å². The van der Waals surface area contributed by atoms with Crippen molar-refractivity contribution in [3.05, 3.63) is 47.8 Å². The zero-order valence-corrected chi connectivity index (χ0v) is 17.0. The van der Waals surface area contributed by atoms with Gasteiger partial charge in [-0.1, -0.05) is 19.4 Å². The number of aromatic nitrogens is 3. The quantitative estimate of drug-likeness (QED) is 0.666. The van der Waals surface area contributed by atoms with E-state index < -0.39 is 0 Å². The molecule has 3 aromatic heterocycles. The number of aliphatic hydroxyl groups excluding tert-OH is 1. The molecule has 3 fully saturated rings. The van der Waals surface area contributed by atoms with E-state index in [1.807, 2.05) is 12.3 Å². The molecule has 0 bridgehead atoms. The molecular weight excluding hydrogens is 360 g/mol. The Morgan fingerprint density at radius 3 is 2.83 bits per heavy atom. The molecular formula is C24H28N4O. The van der Waals surface area contributed by atoms with Crippen molar-refractivity contribution >= 4 is 11.5 Å². The van der Waals surface area contributed by atoms with Crippen molar-refractivity contribution < 1.29 is 5.11 Å². The van der Waals surface area contributed by atoms with E-state index in [2.05, 4.69) is 46.0 Å². The topological polar surface area (TPSA) is 62.5 Å². The third-order valence-corrected chi connectivity index (χ3v) is 7.69. The van der Waals surface area contributed by atoms with Crippen molar-refractivity contribution in [2.45, 2.75) is 69.9 Å². The highest BCUT2D eigenvalue weighted by Crippen LogP contribution is 2.58. The van der Waals surface area contributed by atoms with Crippen LogP contribution in [-0.2, 0) is 12.0 Å². The first kappa shape index (κ1) is 17.5. The largest absolute Gasteiger partial charge is 0.392 e. The van der Waals surface area contributed by atoms with Gasteiger partial charge in [0.25, 0.3) is 0 Å². The van der Waals surface area contributed by atoms with Crippen LogP contribution < -0.4 is 5.32 Å². The first-order valence-electron chi connectivity index (χ1n) is 11.0. The molecule has 0 aliphatic heterocycles. The molecule has 5 nitrogen and oxygen atoms in total. The number of pyridine rings is 2. The first-order valence-corrected chi connectivity index (χ1v) is 11.0. The second kappa shape index (κ2) is 6.05. The number of nitrogens with one attached hydrogen (secondary N) is 1. The van der Waals surface area contributed by atoms with Crippen LogP contribution in [0, 0.1) is 5.41 Å². The number of imidazole rings is 1.